The average Bonchev–Trinajstić information content (AvgIpc) is 3.16. The number of amides is 1. The summed E-state index contributed by atoms with van der Waals surface area (Å²) in [6, 6.07) is 13.8. The molecule has 1 saturated heterocycles. The molecule has 4 rings (SSSR count). The summed E-state index contributed by atoms with van der Waals surface area (Å²) in [5.41, 5.74) is 2.47. The SMILES string of the molecule is COCC[C@H]1CCCCN1C(=O)c1ccc(-c2nnc3ccccn23)cc1. The quantitative estimate of drug-likeness (QED) is 0.696. The summed E-state index contributed by atoms with van der Waals surface area (Å²) in [5.74, 6) is 0.883. The highest BCUT2D eigenvalue weighted by molar-refractivity contribution is 5.95. The van der Waals surface area contributed by atoms with E-state index in [0.29, 0.717) is 6.61 Å². The summed E-state index contributed by atoms with van der Waals surface area (Å²) in [6.07, 6.45) is 6.14. The van der Waals surface area contributed by atoms with Crippen LogP contribution in [0.5, 0.6) is 0 Å². The van der Waals surface area contributed by atoms with Crippen LogP contribution in [0.15, 0.2) is 48.7 Å². The Kier molecular flexibility index (Phi) is 5.16. The number of methoxy groups -OCH3 is 1. The molecule has 1 amide bonds. The normalized spacial score (nSPS) is 17.4. The second kappa shape index (κ2) is 7.88. The number of piperidine rings is 1. The molecule has 3 heterocycles. The van der Waals surface area contributed by atoms with E-state index in [1.54, 1.807) is 7.11 Å². The molecule has 2 aromatic heterocycles. The number of likely N-dealkylation sites (tertiary alicyclic amines) is 1. The highest BCUT2D eigenvalue weighted by Gasteiger charge is 2.27. The lowest BCUT2D eigenvalue weighted by Gasteiger charge is -2.36. The summed E-state index contributed by atoms with van der Waals surface area (Å²) in [5, 5.41) is 8.47. The monoisotopic (exact) mass is 364 g/mol. The third-order valence-electron chi connectivity index (χ3n) is 5.25. The van der Waals surface area contributed by atoms with Gasteiger partial charge in [-0.15, -0.1) is 10.2 Å². The minimum Gasteiger partial charge on any atom is -0.385 e. The van der Waals surface area contributed by atoms with Crippen molar-refractivity contribution in [2.45, 2.75) is 31.7 Å². The molecule has 6 heteroatoms. The Labute approximate surface area is 158 Å². The molecule has 0 radical (unpaired) electrons. The standard InChI is InChI=1S/C21H24N4O2/c1-27-15-12-18-6-2-4-13-24(18)21(26)17-10-8-16(9-11-17)20-23-22-19-7-3-5-14-25(19)20/h3,5,7-11,14,18H,2,4,6,12-13,15H2,1H3/t18-/m1/s1. The molecule has 0 saturated carbocycles. The van der Waals surface area contributed by atoms with Crippen molar-refractivity contribution in [3.63, 3.8) is 0 Å². The number of rotatable bonds is 5. The molecule has 1 aliphatic heterocycles. The maximum Gasteiger partial charge on any atom is 0.254 e. The van der Waals surface area contributed by atoms with Gasteiger partial charge in [0.15, 0.2) is 11.5 Å². The molecule has 0 unspecified atom stereocenters. The molecule has 0 bridgehead atoms. The first-order chi connectivity index (χ1) is 13.3. The summed E-state index contributed by atoms with van der Waals surface area (Å²) in [6.45, 7) is 1.51. The van der Waals surface area contributed by atoms with Gasteiger partial charge in [0.1, 0.15) is 0 Å². The van der Waals surface area contributed by atoms with Crippen LogP contribution in [0.1, 0.15) is 36.0 Å². The molecule has 1 fully saturated rings. The van der Waals surface area contributed by atoms with Crippen molar-refractivity contribution >= 4 is 11.6 Å². The number of ether oxygens (including phenoxy) is 1. The first-order valence-electron chi connectivity index (χ1n) is 9.48. The van der Waals surface area contributed by atoms with Crippen LogP contribution >= 0.6 is 0 Å². The van der Waals surface area contributed by atoms with Gasteiger partial charge in [0.05, 0.1) is 0 Å². The summed E-state index contributed by atoms with van der Waals surface area (Å²) in [7, 11) is 1.71. The minimum atomic E-state index is 0.105. The van der Waals surface area contributed by atoms with E-state index in [1.807, 2.05) is 58.0 Å². The van der Waals surface area contributed by atoms with E-state index >= 15 is 0 Å². The lowest BCUT2D eigenvalue weighted by Crippen LogP contribution is -2.44. The van der Waals surface area contributed by atoms with E-state index in [4.69, 9.17) is 4.74 Å². The zero-order chi connectivity index (χ0) is 18.6. The molecular formula is C21H24N4O2. The zero-order valence-corrected chi connectivity index (χ0v) is 15.5. The number of carbonyl (C=O) groups is 1. The van der Waals surface area contributed by atoms with Gasteiger partial charge in [0.25, 0.3) is 5.91 Å². The Morgan fingerprint density at radius 1 is 1.15 bits per heavy atom. The number of pyridine rings is 1. The fourth-order valence-electron chi connectivity index (χ4n) is 3.79. The van der Waals surface area contributed by atoms with Crippen molar-refractivity contribution in [1.82, 2.24) is 19.5 Å². The van der Waals surface area contributed by atoms with Gasteiger partial charge < -0.3 is 9.64 Å². The zero-order valence-electron chi connectivity index (χ0n) is 15.5. The van der Waals surface area contributed by atoms with Crippen LogP contribution in [0.2, 0.25) is 0 Å². The van der Waals surface area contributed by atoms with Gasteiger partial charge in [-0.2, -0.15) is 0 Å². The van der Waals surface area contributed by atoms with Crippen LogP contribution in [-0.4, -0.2) is 51.7 Å². The molecule has 6 nitrogen and oxygen atoms in total. The number of hydrogen-bond donors (Lipinski definition) is 0. The predicted molar refractivity (Wildman–Crippen MR) is 104 cm³/mol. The third kappa shape index (κ3) is 3.57. The lowest BCUT2D eigenvalue weighted by atomic mass is 9.98. The van der Waals surface area contributed by atoms with Gasteiger partial charge in [0.2, 0.25) is 0 Å². The number of aromatic nitrogens is 3. The maximum atomic E-state index is 13.0. The molecule has 1 aliphatic rings. The average molecular weight is 364 g/mol. The first-order valence-corrected chi connectivity index (χ1v) is 9.48. The van der Waals surface area contributed by atoms with E-state index in [9.17, 15) is 4.79 Å². The largest absolute Gasteiger partial charge is 0.385 e. The van der Waals surface area contributed by atoms with Gasteiger partial charge in [-0.3, -0.25) is 9.20 Å². The van der Waals surface area contributed by atoms with E-state index in [0.717, 1.165) is 48.4 Å². The van der Waals surface area contributed by atoms with E-state index in [2.05, 4.69) is 10.2 Å². The Balaban J connectivity index is 1.55. The molecular weight excluding hydrogens is 340 g/mol. The number of carbonyl (C=O) groups excluding carboxylic acids is 1. The Morgan fingerprint density at radius 3 is 2.81 bits per heavy atom. The van der Waals surface area contributed by atoms with E-state index in [1.165, 1.54) is 6.42 Å². The van der Waals surface area contributed by atoms with Crippen LogP contribution < -0.4 is 0 Å². The molecule has 0 N–H and O–H groups in total. The lowest BCUT2D eigenvalue weighted by molar-refractivity contribution is 0.0553. The predicted octanol–water partition coefficient (Wildman–Crippen LogP) is 3.43. The maximum absolute atomic E-state index is 13.0. The summed E-state index contributed by atoms with van der Waals surface area (Å²) in [4.78, 5) is 15.1. The van der Waals surface area contributed by atoms with Gasteiger partial charge in [0, 0.05) is 43.6 Å². The van der Waals surface area contributed by atoms with Crippen molar-refractivity contribution in [1.29, 1.82) is 0 Å². The van der Waals surface area contributed by atoms with Crippen LogP contribution in [0.25, 0.3) is 17.0 Å². The fraction of sp³-hybridized carbons (Fsp3) is 0.381. The van der Waals surface area contributed by atoms with Crippen LogP contribution in [0.4, 0.5) is 0 Å². The third-order valence-corrected chi connectivity index (χ3v) is 5.25. The number of nitrogens with zero attached hydrogens (tertiary/aromatic N) is 4. The molecule has 27 heavy (non-hydrogen) atoms. The topological polar surface area (TPSA) is 59.7 Å². The van der Waals surface area contributed by atoms with E-state index < -0.39 is 0 Å². The second-order valence-electron chi connectivity index (χ2n) is 6.96. The smallest absolute Gasteiger partial charge is 0.254 e. The van der Waals surface area contributed by atoms with Crippen molar-refractivity contribution in [2.75, 3.05) is 20.3 Å². The number of fused-ring (bicyclic) bond motifs is 1. The van der Waals surface area contributed by atoms with Crippen LogP contribution in [0, 0.1) is 0 Å². The molecule has 3 aromatic rings. The molecule has 0 spiro atoms. The van der Waals surface area contributed by atoms with Crippen molar-refractivity contribution in [3.8, 4) is 11.4 Å². The Hall–Kier alpha value is -2.73. The first kappa shape index (κ1) is 17.7. The second-order valence-corrected chi connectivity index (χ2v) is 6.96. The van der Waals surface area contributed by atoms with Gasteiger partial charge in [-0.1, -0.05) is 18.2 Å². The van der Waals surface area contributed by atoms with Gasteiger partial charge >= 0.3 is 0 Å². The van der Waals surface area contributed by atoms with E-state index in [-0.39, 0.29) is 11.9 Å². The Bertz CT molecular complexity index is 919. The fourth-order valence-corrected chi connectivity index (χ4v) is 3.79. The highest BCUT2D eigenvalue weighted by Crippen LogP contribution is 2.24. The van der Waals surface area contributed by atoms with Gasteiger partial charge in [-0.25, -0.2) is 0 Å². The Morgan fingerprint density at radius 2 is 2.00 bits per heavy atom. The molecule has 1 atom stereocenters. The summed E-state index contributed by atoms with van der Waals surface area (Å²) < 4.78 is 7.16. The van der Waals surface area contributed by atoms with Crippen LogP contribution in [0.3, 0.4) is 0 Å². The molecule has 1 aromatic carbocycles. The van der Waals surface area contributed by atoms with Crippen molar-refractivity contribution in [3.05, 3.63) is 54.2 Å². The molecule has 0 aliphatic carbocycles. The molecule has 140 valence electrons. The highest BCUT2D eigenvalue weighted by atomic mass is 16.5. The van der Waals surface area contributed by atoms with Gasteiger partial charge in [-0.05, 0) is 49.9 Å². The minimum absolute atomic E-state index is 0.105. The van der Waals surface area contributed by atoms with Crippen molar-refractivity contribution in [2.24, 2.45) is 0 Å². The van der Waals surface area contributed by atoms with Crippen molar-refractivity contribution < 1.29 is 9.53 Å². The summed E-state index contributed by atoms with van der Waals surface area (Å²) >= 11 is 0. The van der Waals surface area contributed by atoms with Crippen LogP contribution in [-0.2, 0) is 4.74 Å². The number of benzene rings is 1. The number of hydrogen-bond acceptors (Lipinski definition) is 4.